The molecule has 5 aromatic carbocycles. The van der Waals surface area contributed by atoms with Crippen molar-refractivity contribution in [3.05, 3.63) is 172 Å². The van der Waals surface area contributed by atoms with Gasteiger partial charge >= 0.3 is 0 Å². The topological polar surface area (TPSA) is 134 Å². The van der Waals surface area contributed by atoms with Crippen molar-refractivity contribution in [1.29, 1.82) is 0 Å². The fourth-order valence-electron chi connectivity index (χ4n) is 6.53. The predicted molar refractivity (Wildman–Crippen MR) is 211 cm³/mol. The number of aryl methyl sites for hydroxylation is 1. The van der Waals surface area contributed by atoms with E-state index in [-0.39, 0.29) is 49.2 Å². The molecule has 282 valence electrons. The highest BCUT2D eigenvalue weighted by molar-refractivity contribution is 7.99. The standard InChI is InChI=1S/C43H46N2O7S2/c1-30-12-22-37(23-13-30)54(49,50)45-38(26-31-8-4-2-5-9-31)42(48)44-27-32-14-20-36(21-15-32)43-51-39(29-53-25-24-46)40(34-10-6-3-7-11-34)41(52-43)35-18-16-33(28-47)17-19-35/h2-23,38-41,43,45-47H,24-29H2,1H3,(H,44,48). The first kappa shape index (κ1) is 39.4. The van der Waals surface area contributed by atoms with Gasteiger partial charge in [-0.2, -0.15) is 16.5 Å². The van der Waals surface area contributed by atoms with Gasteiger partial charge in [-0.3, -0.25) is 4.79 Å². The van der Waals surface area contributed by atoms with Crippen LogP contribution in [0.5, 0.6) is 0 Å². The largest absolute Gasteiger partial charge is 0.396 e. The number of sulfonamides is 1. The molecule has 0 aliphatic carbocycles. The van der Waals surface area contributed by atoms with Crippen molar-refractivity contribution >= 4 is 27.7 Å². The van der Waals surface area contributed by atoms with E-state index in [0.717, 1.165) is 38.9 Å². The monoisotopic (exact) mass is 766 g/mol. The lowest BCUT2D eigenvalue weighted by Crippen LogP contribution is -2.47. The van der Waals surface area contributed by atoms with Gasteiger partial charge in [0, 0.05) is 29.5 Å². The van der Waals surface area contributed by atoms with Crippen LogP contribution in [0.2, 0.25) is 0 Å². The number of hydrogen-bond donors (Lipinski definition) is 4. The summed E-state index contributed by atoms with van der Waals surface area (Å²) in [6.07, 6.45) is -1.11. The lowest BCUT2D eigenvalue weighted by atomic mass is 9.84. The van der Waals surface area contributed by atoms with Gasteiger partial charge in [-0.15, -0.1) is 0 Å². The van der Waals surface area contributed by atoms with Crippen LogP contribution in [0.1, 0.15) is 57.3 Å². The quantitative estimate of drug-likeness (QED) is 0.0854. The molecule has 6 rings (SSSR count). The zero-order valence-corrected chi connectivity index (χ0v) is 31.7. The average molecular weight is 767 g/mol. The molecule has 0 bridgehead atoms. The van der Waals surface area contributed by atoms with Gasteiger partial charge in [0.05, 0.1) is 30.3 Å². The molecular formula is C43H46N2O7S2. The van der Waals surface area contributed by atoms with Crippen LogP contribution in [0.25, 0.3) is 0 Å². The molecule has 0 saturated carbocycles. The molecule has 1 saturated heterocycles. The summed E-state index contributed by atoms with van der Waals surface area (Å²) in [4.78, 5) is 13.7. The Balaban J connectivity index is 1.19. The Labute approximate surface area is 321 Å². The molecular weight excluding hydrogens is 721 g/mol. The van der Waals surface area contributed by atoms with Crippen molar-refractivity contribution in [2.24, 2.45) is 0 Å². The van der Waals surface area contributed by atoms with Gasteiger partial charge in [0.15, 0.2) is 6.29 Å². The minimum atomic E-state index is -3.97. The van der Waals surface area contributed by atoms with Crippen LogP contribution < -0.4 is 10.0 Å². The third-order valence-corrected chi connectivity index (χ3v) is 12.0. The van der Waals surface area contributed by atoms with Gasteiger partial charge in [-0.25, -0.2) is 8.42 Å². The molecule has 1 heterocycles. The Bertz CT molecular complexity index is 2030. The Morgan fingerprint density at radius 2 is 1.37 bits per heavy atom. The van der Waals surface area contributed by atoms with Crippen molar-refractivity contribution in [3.63, 3.8) is 0 Å². The van der Waals surface area contributed by atoms with E-state index in [9.17, 15) is 23.4 Å². The van der Waals surface area contributed by atoms with Gasteiger partial charge in [-0.1, -0.05) is 127 Å². The van der Waals surface area contributed by atoms with Crippen LogP contribution in [-0.2, 0) is 43.9 Å². The van der Waals surface area contributed by atoms with E-state index in [1.54, 1.807) is 23.9 Å². The number of aliphatic hydroxyl groups excluding tert-OH is 2. The van der Waals surface area contributed by atoms with Gasteiger partial charge in [-0.05, 0) is 53.3 Å². The molecule has 0 spiro atoms. The molecule has 11 heteroatoms. The summed E-state index contributed by atoms with van der Waals surface area (Å²) >= 11 is 1.63. The van der Waals surface area contributed by atoms with Crippen LogP contribution in [0.3, 0.4) is 0 Å². The first-order valence-corrected chi connectivity index (χ1v) is 20.6. The van der Waals surface area contributed by atoms with Crippen molar-refractivity contribution in [2.75, 3.05) is 18.1 Å². The highest BCUT2D eigenvalue weighted by Gasteiger charge is 2.41. The summed E-state index contributed by atoms with van der Waals surface area (Å²) < 4.78 is 42.7. The highest BCUT2D eigenvalue weighted by Crippen LogP contribution is 2.47. The lowest BCUT2D eigenvalue weighted by molar-refractivity contribution is -0.255. The number of hydrogen-bond acceptors (Lipinski definition) is 8. The Morgan fingerprint density at radius 1 is 0.741 bits per heavy atom. The van der Waals surface area contributed by atoms with E-state index in [0.29, 0.717) is 11.5 Å². The molecule has 1 fully saturated rings. The fourth-order valence-corrected chi connectivity index (χ4v) is 8.54. The van der Waals surface area contributed by atoms with E-state index in [1.165, 1.54) is 12.1 Å². The normalized spacial score (nSPS) is 19.2. The van der Waals surface area contributed by atoms with Crippen LogP contribution in [0.4, 0.5) is 0 Å². The van der Waals surface area contributed by atoms with E-state index < -0.39 is 28.3 Å². The predicted octanol–water partition coefficient (Wildman–Crippen LogP) is 6.36. The molecule has 4 N–H and O–H groups in total. The number of thioether (sulfide) groups is 1. The van der Waals surface area contributed by atoms with Crippen LogP contribution in [0.15, 0.2) is 138 Å². The number of carbonyl (C=O) groups is 1. The zero-order chi connectivity index (χ0) is 37.9. The number of ether oxygens (including phenoxy) is 2. The van der Waals surface area contributed by atoms with Crippen molar-refractivity contribution < 1.29 is 32.9 Å². The molecule has 0 radical (unpaired) electrons. The average Bonchev–Trinajstić information content (AvgIpc) is 3.20. The maximum absolute atomic E-state index is 13.6. The summed E-state index contributed by atoms with van der Waals surface area (Å²) in [6.45, 7) is 2.08. The lowest BCUT2D eigenvalue weighted by Gasteiger charge is -2.43. The summed E-state index contributed by atoms with van der Waals surface area (Å²) in [5.74, 6) is 0.661. The molecule has 5 aromatic rings. The van der Waals surface area contributed by atoms with E-state index in [1.807, 2.05) is 104 Å². The van der Waals surface area contributed by atoms with E-state index >= 15 is 0 Å². The molecule has 5 atom stereocenters. The van der Waals surface area contributed by atoms with Crippen LogP contribution >= 0.6 is 11.8 Å². The third kappa shape index (κ3) is 10.2. The second kappa shape index (κ2) is 18.8. The summed E-state index contributed by atoms with van der Waals surface area (Å²) in [6, 6.07) is 40.3. The summed E-state index contributed by atoms with van der Waals surface area (Å²) in [7, 11) is -3.97. The minimum Gasteiger partial charge on any atom is -0.396 e. The smallest absolute Gasteiger partial charge is 0.241 e. The van der Waals surface area contributed by atoms with Crippen molar-refractivity contribution in [2.45, 2.75) is 61.8 Å². The Hall–Kier alpha value is -4.33. The Morgan fingerprint density at radius 3 is 2.02 bits per heavy atom. The van der Waals surface area contributed by atoms with Crippen molar-refractivity contribution in [1.82, 2.24) is 10.0 Å². The van der Waals surface area contributed by atoms with Crippen LogP contribution in [0, 0.1) is 6.92 Å². The first-order valence-electron chi connectivity index (χ1n) is 18.0. The first-order chi connectivity index (χ1) is 26.2. The number of aliphatic hydroxyl groups is 2. The molecule has 5 unspecified atom stereocenters. The maximum Gasteiger partial charge on any atom is 0.241 e. The van der Waals surface area contributed by atoms with Crippen LogP contribution in [-0.4, -0.2) is 54.8 Å². The second-order valence-electron chi connectivity index (χ2n) is 13.3. The zero-order valence-electron chi connectivity index (χ0n) is 30.1. The summed E-state index contributed by atoms with van der Waals surface area (Å²) in [5, 5.41) is 22.1. The SMILES string of the molecule is Cc1ccc(S(=O)(=O)NC(Cc2ccccc2)C(=O)NCc2ccc(C3OC(CSCCO)C(c4ccccc4)C(c4ccc(CO)cc4)O3)cc2)cc1. The molecule has 54 heavy (non-hydrogen) atoms. The molecule has 0 aromatic heterocycles. The minimum absolute atomic E-state index is 0.0520. The third-order valence-electron chi connectivity index (χ3n) is 9.43. The number of carbonyl (C=O) groups excluding carboxylic acids is 1. The highest BCUT2D eigenvalue weighted by atomic mass is 32.2. The van der Waals surface area contributed by atoms with Gasteiger partial charge in [0.2, 0.25) is 15.9 Å². The molecule has 1 amide bonds. The van der Waals surface area contributed by atoms with Crippen molar-refractivity contribution in [3.8, 4) is 0 Å². The molecule has 9 nitrogen and oxygen atoms in total. The summed E-state index contributed by atoms with van der Waals surface area (Å²) in [5.41, 5.74) is 6.24. The fraction of sp³-hybridized carbons (Fsp3) is 0.279. The maximum atomic E-state index is 13.6. The molecule has 1 aliphatic heterocycles. The van der Waals surface area contributed by atoms with Gasteiger partial charge < -0.3 is 25.0 Å². The number of benzene rings is 5. The van der Waals surface area contributed by atoms with E-state index in [2.05, 4.69) is 22.2 Å². The van der Waals surface area contributed by atoms with Gasteiger partial charge in [0.25, 0.3) is 0 Å². The number of amides is 1. The van der Waals surface area contributed by atoms with Gasteiger partial charge in [0.1, 0.15) is 6.04 Å². The second-order valence-corrected chi connectivity index (χ2v) is 16.2. The Kier molecular flexibility index (Phi) is 13.7. The van der Waals surface area contributed by atoms with E-state index in [4.69, 9.17) is 9.47 Å². The number of nitrogens with one attached hydrogen (secondary N) is 2. The number of rotatable bonds is 16. The molecule has 1 aliphatic rings.